The highest BCUT2D eigenvalue weighted by Crippen LogP contribution is 2.43. The van der Waals surface area contributed by atoms with Crippen molar-refractivity contribution in [2.45, 2.75) is 79.1 Å². The molecule has 6 nitrogen and oxygen atoms in total. The van der Waals surface area contributed by atoms with Crippen LogP contribution in [-0.4, -0.2) is 52.8 Å². The van der Waals surface area contributed by atoms with Gasteiger partial charge in [-0.05, 0) is 72.0 Å². The minimum Gasteiger partial charge on any atom is -0.401 e. The van der Waals surface area contributed by atoms with Crippen molar-refractivity contribution in [2.24, 2.45) is 22.5 Å². The fourth-order valence-electron chi connectivity index (χ4n) is 4.45. The van der Waals surface area contributed by atoms with Crippen molar-refractivity contribution in [3.05, 3.63) is 33.6 Å². The summed E-state index contributed by atoms with van der Waals surface area (Å²) in [5, 5.41) is 7.03. The van der Waals surface area contributed by atoms with Crippen LogP contribution in [0.4, 0.5) is 0 Å². The van der Waals surface area contributed by atoms with Gasteiger partial charge >= 0.3 is 0 Å². The van der Waals surface area contributed by atoms with E-state index in [1.54, 1.807) is 11.8 Å². The van der Waals surface area contributed by atoms with Crippen molar-refractivity contribution in [3.8, 4) is 0 Å². The Kier molecular flexibility index (Phi) is 9.10. The van der Waals surface area contributed by atoms with Gasteiger partial charge in [-0.15, -0.1) is 0 Å². The van der Waals surface area contributed by atoms with Crippen LogP contribution >= 0.6 is 11.8 Å². The van der Waals surface area contributed by atoms with Crippen molar-refractivity contribution < 1.29 is 4.74 Å². The van der Waals surface area contributed by atoms with Gasteiger partial charge in [0.05, 0.1) is 40.4 Å². The lowest BCUT2D eigenvalue weighted by Crippen LogP contribution is -2.48. The van der Waals surface area contributed by atoms with Gasteiger partial charge in [-0.2, -0.15) is 5.10 Å². The third kappa shape index (κ3) is 6.08. The summed E-state index contributed by atoms with van der Waals surface area (Å²) in [6, 6.07) is 0.128. The monoisotopic (exact) mass is 449 g/mol. The third-order valence-electron chi connectivity index (χ3n) is 6.25. The third-order valence-corrected chi connectivity index (χ3v) is 7.72. The van der Waals surface area contributed by atoms with E-state index in [9.17, 15) is 0 Å². The Labute approximate surface area is 193 Å². The normalized spacial score (nSPS) is 22.7. The van der Waals surface area contributed by atoms with Gasteiger partial charge in [0.1, 0.15) is 0 Å². The summed E-state index contributed by atoms with van der Waals surface area (Å²) in [7, 11) is 0. The van der Waals surface area contributed by atoms with Gasteiger partial charge in [0, 0.05) is 24.5 Å². The first kappa shape index (κ1) is 25.8. The number of hydrogen-bond acceptors (Lipinski definition) is 7. The standard InChI is InChI=1S/C24H43N5OS/c1-9-20(10-2)21-15-16(3)27-29(19(21)6)22(17(4)25)23(18(5)26)31-24(7,8)28-11-13-30-14-12-28/h15,19-20H,9-14,25-26H2,1-8H3/b22-17-,23-18-. The minimum absolute atomic E-state index is 0.128. The maximum Gasteiger partial charge on any atom is 0.0938 e. The van der Waals surface area contributed by atoms with Crippen LogP contribution in [0.25, 0.3) is 0 Å². The lowest BCUT2D eigenvalue weighted by molar-refractivity contribution is 0.0160. The van der Waals surface area contributed by atoms with Gasteiger partial charge in [-0.3, -0.25) is 9.91 Å². The molecule has 2 aliphatic heterocycles. The zero-order chi connectivity index (χ0) is 23.3. The minimum atomic E-state index is -0.147. The second-order valence-electron chi connectivity index (χ2n) is 9.11. The fraction of sp³-hybridized carbons (Fsp3) is 0.708. The van der Waals surface area contributed by atoms with Crippen molar-refractivity contribution in [3.63, 3.8) is 0 Å². The van der Waals surface area contributed by atoms with Gasteiger partial charge in [-0.25, -0.2) is 0 Å². The summed E-state index contributed by atoms with van der Waals surface area (Å²) < 4.78 is 5.56. The van der Waals surface area contributed by atoms with Crippen molar-refractivity contribution in [1.82, 2.24) is 9.91 Å². The highest BCUT2D eigenvalue weighted by atomic mass is 32.2. The second-order valence-corrected chi connectivity index (χ2v) is 10.7. The van der Waals surface area contributed by atoms with E-state index < -0.39 is 0 Å². The summed E-state index contributed by atoms with van der Waals surface area (Å²) in [6.45, 7) is 20.6. The van der Waals surface area contributed by atoms with E-state index >= 15 is 0 Å². The molecule has 1 fully saturated rings. The molecule has 0 radical (unpaired) electrons. The topological polar surface area (TPSA) is 80.1 Å². The number of nitrogens with zero attached hydrogens (tertiary/aromatic N) is 3. The molecule has 0 spiro atoms. The number of hydrazone groups is 1. The smallest absolute Gasteiger partial charge is 0.0938 e. The Bertz CT molecular complexity index is 750. The lowest BCUT2D eigenvalue weighted by Gasteiger charge is -2.42. The van der Waals surface area contributed by atoms with Crippen molar-refractivity contribution in [1.29, 1.82) is 0 Å². The van der Waals surface area contributed by atoms with E-state index in [1.807, 2.05) is 13.8 Å². The first-order valence-electron chi connectivity index (χ1n) is 11.5. The molecule has 2 rings (SSSR count). The maximum absolute atomic E-state index is 6.51. The van der Waals surface area contributed by atoms with Gasteiger partial charge in [0.15, 0.2) is 0 Å². The van der Waals surface area contributed by atoms with Crippen LogP contribution in [0.5, 0.6) is 0 Å². The molecule has 0 bridgehead atoms. The number of hydrogen-bond donors (Lipinski definition) is 2. The number of thioether (sulfide) groups is 1. The molecule has 0 aromatic heterocycles. The fourth-order valence-corrected chi connectivity index (χ4v) is 5.77. The molecule has 1 atom stereocenters. The summed E-state index contributed by atoms with van der Waals surface area (Å²) >= 11 is 1.77. The maximum atomic E-state index is 6.51. The van der Waals surface area contributed by atoms with E-state index in [-0.39, 0.29) is 10.9 Å². The van der Waals surface area contributed by atoms with Crippen molar-refractivity contribution >= 4 is 17.5 Å². The van der Waals surface area contributed by atoms with Crippen molar-refractivity contribution in [2.75, 3.05) is 26.3 Å². The van der Waals surface area contributed by atoms with Gasteiger partial charge in [0.25, 0.3) is 0 Å². The molecule has 0 amide bonds. The molecule has 7 heteroatoms. The Balaban J connectivity index is 2.44. The van der Waals surface area contributed by atoms with Crippen LogP contribution in [-0.2, 0) is 4.74 Å². The lowest BCUT2D eigenvalue weighted by atomic mass is 9.87. The SMILES string of the molecule is CCC(CC)C1=CC(C)=NN(C(=C(/C)N)/C(SC(C)(C)N2CCOCC2)=C(\C)N)C1C. The molecule has 0 aliphatic carbocycles. The number of allylic oxidation sites excluding steroid dienone is 3. The van der Waals surface area contributed by atoms with Crippen LogP contribution in [0, 0.1) is 5.92 Å². The van der Waals surface area contributed by atoms with Crippen LogP contribution in [0.1, 0.15) is 68.2 Å². The van der Waals surface area contributed by atoms with E-state index in [2.05, 4.69) is 57.5 Å². The van der Waals surface area contributed by atoms with Gasteiger partial charge < -0.3 is 16.2 Å². The summed E-state index contributed by atoms with van der Waals surface area (Å²) in [5.41, 5.74) is 17.8. The molecule has 2 aliphatic rings. The summed E-state index contributed by atoms with van der Waals surface area (Å²) in [4.78, 5) is 3.31. The zero-order valence-corrected chi connectivity index (χ0v) is 21.6. The zero-order valence-electron chi connectivity index (χ0n) is 20.8. The predicted molar refractivity (Wildman–Crippen MR) is 134 cm³/mol. The van der Waals surface area contributed by atoms with Crippen LogP contribution < -0.4 is 11.5 Å². The largest absolute Gasteiger partial charge is 0.401 e. The molecule has 2 heterocycles. The summed E-state index contributed by atoms with van der Waals surface area (Å²) in [6.07, 6.45) is 4.49. The van der Waals surface area contributed by atoms with Gasteiger partial charge in [-0.1, -0.05) is 25.6 Å². The van der Waals surface area contributed by atoms with Crippen LogP contribution in [0.2, 0.25) is 0 Å². The Morgan fingerprint density at radius 3 is 2.26 bits per heavy atom. The average molecular weight is 450 g/mol. The van der Waals surface area contributed by atoms with Crippen LogP contribution in [0.15, 0.2) is 38.7 Å². The van der Waals surface area contributed by atoms with E-state index in [1.165, 1.54) is 5.57 Å². The molecule has 176 valence electrons. The second kappa shape index (κ2) is 10.9. The molecule has 0 aromatic rings. The Morgan fingerprint density at radius 2 is 1.77 bits per heavy atom. The molecular formula is C24H43N5OS. The molecule has 31 heavy (non-hydrogen) atoms. The highest BCUT2D eigenvalue weighted by molar-refractivity contribution is 8.04. The quantitative estimate of drug-likeness (QED) is 0.527. The highest BCUT2D eigenvalue weighted by Gasteiger charge is 2.35. The molecule has 1 saturated heterocycles. The van der Waals surface area contributed by atoms with Gasteiger partial charge in [0.2, 0.25) is 0 Å². The molecule has 4 N–H and O–H groups in total. The molecule has 0 aromatic carbocycles. The number of rotatable bonds is 8. The average Bonchev–Trinajstić information content (AvgIpc) is 2.71. The van der Waals surface area contributed by atoms with Crippen LogP contribution in [0.3, 0.4) is 0 Å². The molecular weight excluding hydrogens is 406 g/mol. The van der Waals surface area contributed by atoms with E-state index in [4.69, 9.17) is 21.3 Å². The number of nitrogens with two attached hydrogens (primary N) is 2. The number of ether oxygens (including phenoxy) is 1. The first-order chi connectivity index (χ1) is 14.5. The van der Waals surface area contributed by atoms with E-state index in [0.717, 1.165) is 66.9 Å². The molecule has 1 unspecified atom stereocenters. The van der Waals surface area contributed by atoms with E-state index in [0.29, 0.717) is 5.92 Å². The predicted octanol–water partition coefficient (Wildman–Crippen LogP) is 4.61. The number of morpholine rings is 1. The summed E-state index contributed by atoms with van der Waals surface area (Å²) in [5.74, 6) is 0.533. The Hall–Kier alpha value is -1.44. The first-order valence-corrected chi connectivity index (χ1v) is 12.4. The Morgan fingerprint density at radius 1 is 1.19 bits per heavy atom. The molecule has 0 saturated carbocycles.